The highest BCUT2D eigenvalue weighted by Gasteiger charge is 2.38. The van der Waals surface area contributed by atoms with Gasteiger partial charge in [-0.1, -0.05) is 36.7 Å². The molecular formula is C17H31BrO. The lowest BCUT2D eigenvalue weighted by atomic mass is 9.75. The van der Waals surface area contributed by atoms with E-state index in [2.05, 4.69) is 36.7 Å². The molecule has 2 aliphatic rings. The molecule has 0 aromatic heterocycles. The molecule has 0 aromatic rings. The van der Waals surface area contributed by atoms with E-state index in [1.54, 1.807) is 0 Å². The Morgan fingerprint density at radius 3 is 2.11 bits per heavy atom. The van der Waals surface area contributed by atoms with Crippen LogP contribution in [0.4, 0.5) is 0 Å². The summed E-state index contributed by atoms with van der Waals surface area (Å²) < 4.78 is 6.60. The normalized spacial score (nSPS) is 40.6. The number of hydrogen-bond donors (Lipinski definition) is 0. The van der Waals surface area contributed by atoms with Crippen LogP contribution < -0.4 is 0 Å². The van der Waals surface area contributed by atoms with Gasteiger partial charge in [0, 0.05) is 5.33 Å². The van der Waals surface area contributed by atoms with E-state index >= 15 is 0 Å². The lowest BCUT2D eigenvalue weighted by Gasteiger charge is -2.43. The maximum absolute atomic E-state index is 6.60. The average Bonchev–Trinajstić information content (AvgIpc) is 2.42. The second kappa shape index (κ2) is 6.93. The van der Waals surface area contributed by atoms with Crippen molar-refractivity contribution in [1.29, 1.82) is 0 Å². The lowest BCUT2D eigenvalue weighted by molar-refractivity contribution is -0.119. The van der Waals surface area contributed by atoms with E-state index in [0.29, 0.717) is 6.10 Å². The van der Waals surface area contributed by atoms with E-state index in [9.17, 15) is 0 Å². The minimum atomic E-state index is 0.149. The molecule has 0 bridgehead atoms. The summed E-state index contributed by atoms with van der Waals surface area (Å²) in [6, 6.07) is 0. The Morgan fingerprint density at radius 2 is 1.63 bits per heavy atom. The summed E-state index contributed by atoms with van der Waals surface area (Å²) >= 11 is 3.74. The highest BCUT2D eigenvalue weighted by atomic mass is 79.9. The number of halogens is 1. The van der Waals surface area contributed by atoms with Gasteiger partial charge in [-0.2, -0.15) is 0 Å². The summed E-state index contributed by atoms with van der Waals surface area (Å²) in [4.78, 5) is 0. The van der Waals surface area contributed by atoms with Gasteiger partial charge in [0.2, 0.25) is 0 Å². The van der Waals surface area contributed by atoms with Gasteiger partial charge in [-0.15, -0.1) is 0 Å². The molecule has 112 valence electrons. The first-order valence-electron chi connectivity index (χ1n) is 8.28. The molecule has 0 spiro atoms. The molecular weight excluding hydrogens is 300 g/mol. The number of ether oxygens (including phenoxy) is 1. The van der Waals surface area contributed by atoms with Crippen LogP contribution in [-0.4, -0.2) is 17.0 Å². The molecule has 0 aromatic carbocycles. The van der Waals surface area contributed by atoms with E-state index < -0.39 is 0 Å². The fraction of sp³-hybridized carbons (Fsp3) is 1.00. The fourth-order valence-corrected chi connectivity index (χ4v) is 4.51. The van der Waals surface area contributed by atoms with Gasteiger partial charge in [-0.05, 0) is 69.1 Å². The molecule has 0 atom stereocenters. The van der Waals surface area contributed by atoms with Crippen LogP contribution in [-0.2, 0) is 4.74 Å². The van der Waals surface area contributed by atoms with E-state index in [-0.39, 0.29) is 5.60 Å². The Balaban J connectivity index is 1.86. The Morgan fingerprint density at radius 1 is 1.05 bits per heavy atom. The van der Waals surface area contributed by atoms with Gasteiger partial charge in [0.05, 0.1) is 11.7 Å². The van der Waals surface area contributed by atoms with Crippen LogP contribution in [0.2, 0.25) is 0 Å². The van der Waals surface area contributed by atoms with E-state index in [1.807, 2.05) is 0 Å². The van der Waals surface area contributed by atoms with Gasteiger partial charge in [-0.25, -0.2) is 0 Å². The zero-order valence-corrected chi connectivity index (χ0v) is 14.5. The van der Waals surface area contributed by atoms with Crippen molar-refractivity contribution in [2.24, 2.45) is 17.8 Å². The van der Waals surface area contributed by atoms with Crippen molar-refractivity contribution in [2.75, 3.05) is 5.33 Å². The predicted octanol–water partition coefficient (Wildman–Crippen LogP) is 5.56. The molecule has 0 radical (unpaired) electrons. The minimum Gasteiger partial charge on any atom is -0.371 e. The lowest BCUT2D eigenvalue weighted by Crippen LogP contribution is -2.43. The number of rotatable bonds is 4. The molecule has 2 saturated carbocycles. The highest BCUT2D eigenvalue weighted by Crippen LogP contribution is 2.41. The van der Waals surface area contributed by atoms with Crippen LogP contribution in [0.3, 0.4) is 0 Å². The van der Waals surface area contributed by atoms with Crippen LogP contribution >= 0.6 is 15.9 Å². The number of alkyl halides is 1. The molecule has 19 heavy (non-hydrogen) atoms. The van der Waals surface area contributed by atoms with Crippen LogP contribution in [0.5, 0.6) is 0 Å². The van der Waals surface area contributed by atoms with Crippen molar-refractivity contribution in [3.8, 4) is 0 Å². The minimum absolute atomic E-state index is 0.149. The van der Waals surface area contributed by atoms with Crippen molar-refractivity contribution in [3.63, 3.8) is 0 Å². The Bertz CT molecular complexity index is 260. The van der Waals surface area contributed by atoms with Crippen molar-refractivity contribution < 1.29 is 4.74 Å². The molecule has 0 heterocycles. The zero-order valence-electron chi connectivity index (χ0n) is 13.0. The van der Waals surface area contributed by atoms with Crippen LogP contribution in [0.1, 0.15) is 72.1 Å². The first kappa shape index (κ1) is 15.8. The van der Waals surface area contributed by atoms with Crippen molar-refractivity contribution >= 4 is 15.9 Å². The van der Waals surface area contributed by atoms with Crippen molar-refractivity contribution in [3.05, 3.63) is 0 Å². The van der Waals surface area contributed by atoms with Gasteiger partial charge < -0.3 is 4.74 Å². The third-order valence-corrected chi connectivity index (χ3v) is 6.53. The summed E-state index contributed by atoms with van der Waals surface area (Å²) in [5.41, 5.74) is 0.149. The molecule has 0 saturated heterocycles. The van der Waals surface area contributed by atoms with E-state index in [4.69, 9.17) is 4.74 Å². The van der Waals surface area contributed by atoms with Gasteiger partial charge in [-0.3, -0.25) is 0 Å². The second-order valence-electron chi connectivity index (χ2n) is 7.40. The molecule has 2 rings (SSSR count). The smallest absolute Gasteiger partial charge is 0.0782 e. The molecule has 2 heteroatoms. The van der Waals surface area contributed by atoms with Gasteiger partial charge in [0.25, 0.3) is 0 Å². The largest absolute Gasteiger partial charge is 0.371 e. The average molecular weight is 331 g/mol. The van der Waals surface area contributed by atoms with Crippen LogP contribution in [0, 0.1) is 17.8 Å². The first-order chi connectivity index (χ1) is 9.04. The Hall–Kier alpha value is 0.440. The first-order valence-corrected chi connectivity index (χ1v) is 9.40. The summed E-state index contributed by atoms with van der Waals surface area (Å²) in [5.74, 6) is 2.67. The van der Waals surface area contributed by atoms with Crippen LogP contribution in [0.15, 0.2) is 0 Å². The molecule has 0 aliphatic heterocycles. The third kappa shape index (κ3) is 4.20. The Kier molecular flexibility index (Phi) is 5.77. The van der Waals surface area contributed by atoms with E-state index in [0.717, 1.165) is 23.1 Å². The molecule has 0 unspecified atom stereocenters. The molecule has 1 nitrogen and oxygen atoms in total. The number of hydrogen-bond acceptors (Lipinski definition) is 1. The SMILES string of the molecule is CC1CCC(OC2(CBr)CCC(C(C)C)CC2)CC1. The summed E-state index contributed by atoms with van der Waals surface area (Å²) in [6.07, 6.45) is 11.0. The standard InChI is InChI=1S/C17H31BrO/c1-13(2)15-8-10-17(12-18,11-9-15)19-16-6-4-14(3)5-7-16/h13-16H,4-12H2,1-3H3. The molecule has 2 fully saturated rings. The molecule has 2 aliphatic carbocycles. The summed E-state index contributed by atoms with van der Waals surface area (Å²) in [7, 11) is 0. The topological polar surface area (TPSA) is 9.23 Å². The molecule has 0 amide bonds. The van der Waals surface area contributed by atoms with Crippen molar-refractivity contribution in [1.82, 2.24) is 0 Å². The quantitative estimate of drug-likeness (QED) is 0.613. The monoisotopic (exact) mass is 330 g/mol. The summed E-state index contributed by atoms with van der Waals surface area (Å²) in [6.45, 7) is 7.12. The van der Waals surface area contributed by atoms with Gasteiger partial charge in [0.1, 0.15) is 0 Å². The maximum Gasteiger partial charge on any atom is 0.0782 e. The van der Waals surface area contributed by atoms with Crippen LogP contribution in [0.25, 0.3) is 0 Å². The third-order valence-electron chi connectivity index (χ3n) is 5.51. The van der Waals surface area contributed by atoms with Gasteiger partial charge >= 0.3 is 0 Å². The second-order valence-corrected chi connectivity index (χ2v) is 7.96. The fourth-order valence-electron chi connectivity index (χ4n) is 3.82. The van der Waals surface area contributed by atoms with E-state index in [1.165, 1.54) is 51.4 Å². The molecule has 0 N–H and O–H groups in total. The van der Waals surface area contributed by atoms with Gasteiger partial charge in [0.15, 0.2) is 0 Å². The summed E-state index contributed by atoms with van der Waals surface area (Å²) in [5, 5.41) is 1.02. The highest BCUT2D eigenvalue weighted by molar-refractivity contribution is 9.09. The maximum atomic E-state index is 6.60. The predicted molar refractivity (Wildman–Crippen MR) is 85.8 cm³/mol. The Labute approximate surface area is 128 Å². The van der Waals surface area contributed by atoms with Crippen molar-refractivity contribution in [2.45, 2.75) is 83.8 Å². The zero-order chi connectivity index (χ0) is 13.9.